The van der Waals surface area contributed by atoms with Gasteiger partial charge in [-0.1, -0.05) is 23.7 Å². The Morgan fingerprint density at radius 1 is 1.12 bits per heavy atom. The van der Waals surface area contributed by atoms with E-state index in [2.05, 4.69) is 30.2 Å². The van der Waals surface area contributed by atoms with Gasteiger partial charge in [0.25, 0.3) is 0 Å². The van der Waals surface area contributed by atoms with Crippen LogP contribution in [-0.2, 0) is 11.2 Å². The van der Waals surface area contributed by atoms with E-state index in [1.54, 1.807) is 43.6 Å². The Labute approximate surface area is 143 Å². The fourth-order valence-corrected chi connectivity index (χ4v) is 2.12. The molecule has 7 nitrogen and oxygen atoms in total. The molecule has 1 N–H and O–H groups in total. The minimum absolute atomic E-state index is 0.147. The lowest BCUT2D eigenvalue weighted by Crippen LogP contribution is -2.17. The molecule has 0 radical (unpaired) electrons. The molecule has 3 heterocycles. The molecular formula is C16H13ClN6O. The number of hydrogen-bond donors (Lipinski definition) is 1. The smallest absolute Gasteiger partial charge is 0.233 e. The van der Waals surface area contributed by atoms with Crippen molar-refractivity contribution in [3.63, 3.8) is 0 Å². The first kappa shape index (κ1) is 15.9. The van der Waals surface area contributed by atoms with Gasteiger partial charge in [0.2, 0.25) is 11.9 Å². The number of pyridine rings is 2. The zero-order valence-electron chi connectivity index (χ0n) is 12.8. The van der Waals surface area contributed by atoms with Crippen LogP contribution in [0.25, 0.3) is 11.5 Å². The second-order valence-electron chi connectivity index (χ2n) is 4.96. The maximum atomic E-state index is 12.1. The van der Waals surface area contributed by atoms with E-state index in [1.165, 1.54) is 0 Å². The van der Waals surface area contributed by atoms with Crippen molar-refractivity contribution in [3.05, 3.63) is 59.3 Å². The second kappa shape index (κ2) is 7.10. The zero-order valence-corrected chi connectivity index (χ0v) is 13.5. The largest absolute Gasteiger partial charge is 0.294 e. The molecule has 0 bridgehead atoms. The number of carbonyl (C=O) groups excluding carboxylic acids is 1. The van der Waals surface area contributed by atoms with Crippen molar-refractivity contribution in [2.75, 3.05) is 5.32 Å². The lowest BCUT2D eigenvalue weighted by Gasteiger charge is -2.06. The number of anilines is 1. The number of nitrogens with one attached hydrogen (secondary N) is 1. The Hall–Kier alpha value is -2.93. The van der Waals surface area contributed by atoms with Gasteiger partial charge < -0.3 is 0 Å². The third kappa shape index (κ3) is 4.08. The van der Waals surface area contributed by atoms with E-state index >= 15 is 0 Å². The number of hydrogen-bond acceptors (Lipinski definition) is 6. The standard InChI is InChI=1S/C16H13ClN6O/c1-10-20-15(12-4-2-3-7-18-12)23-16(21-10)22-14(24)8-11-5-6-13(17)19-9-11/h2-7,9H,8H2,1H3,(H,20,21,22,23,24). The molecule has 0 atom stereocenters. The molecule has 120 valence electrons. The molecule has 0 aliphatic carbocycles. The predicted molar refractivity (Wildman–Crippen MR) is 89.4 cm³/mol. The number of halogens is 1. The molecule has 3 aromatic heterocycles. The van der Waals surface area contributed by atoms with Crippen LogP contribution in [0.1, 0.15) is 11.4 Å². The van der Waals surface area contributed by atoms with E-state index in [1.807, 2.05) is 6.07 Å². The maximum Gasteiger partial charge on any atom is 0.233 e. The summed E-state index contributed by atoms with van der Waals surface area (Å²) in [7, 11) is 0. The van der Waals surface area contributed by atoms with E-state index in [-0.39, 0.29) is 18.3 Å². The fraction of sp³-hybridized carbons (Fsp3) is 0.125. The van der Waals surface area contributed by atoms with Crippen molar-refractivity contribution in [3.8, 4) is 11.5 Å². The van der Waals surface area contributed by atoms with Crippen LogP contribution in [0, 0.1) is 6.92 Å². The molecule has 3 rings (SSSR count). The fourth-order valence-electron chi connectivity index (χ4n) is 2.01. The SMILES string of the molecule is Cc1nc(NC(=O)Cc2ccc(Cl)nc2)nc(-c2ccccn2)n1. The first-order valence-electron chi connectivity index (χ1n) is 7.14. The number of carbonyl (C=O) groups is 1. The van der Waals surface area contributed by atoms with E-state index in [0.29, 0.717) is 22.5 Å². The van der Waals surface area contributed by atoms with Crippen LogP contribution in [0.3, 0.4) is 0 Å². The lowest BCUT2D eigenvalue weighted by molar-refractivity contribution is -0.115. The highest BCUT2D eigenvalue weighted by Crippen LogP contribution is 2.13. The lowest BCUT2D eigenvalue weighted by atomic mass is 10.2. The average Bonchev–Trinajstić information content (AvgIpc) is 2.57. The van der Waals surface area contributed by atoms with Gasteiger partial charge in [0.05, 0.1) is 6.42 Å². The average molecular weight is 341 g/mol. The van der Waals surface area contributed by atoms with E-state index in [0.717, 1.165) is 5.56 Å². The van der Waals surface area contributed by atoms with Crippen LogP contribution >= 0.6 is 11.6 Å². The minimum atomic E-state index is -0.253. The summed E-state index contributed by atoms with van der Waals surface area (Å²) in [4.78, 5) is 32.9. The van der Waals surface area contributed by atoms with Crippen molar-refractivity contribution in [2.45, 2.75) is 13.3 Å². The molecule has 0 spiro atoms. The van der Waals surface area contributed by atoms with Gasteiger partial charge in [-0.3, -0.25) is 15.1 Å². The molecule has 0 saturated carbocycles. The molecule has 0 aliphatic rings. The zero-order chi connectivity index (χ0) is 16.9. The molecule has 0 aliphatic heterocycles. The number of rotatable bonds is 4. The topological polar surface area (TPSA) is 93.6 Å². The van der Waals surface area contributed by atoms with Gasteiger partial charge in [-0.2, -0.15) is 9.97 Å². The number of nitrogens with zero attached hydrogens (tertiary/aromatic N) is 5. The highest BCUT2D eigenvalue weighted by Gasteiger charge is 2.11. The van der Waals surface area contributed by atoms with Crippen molar-refractivity contribution >= 4 is 23.5 Å². The molecule has 0 unspecified atom stereocenters. The Bertz CT molecular complexity index is 854. The summed E-state index contributed by atoms with van der Waals surface area (Å²) >= 11 is 5.73. The van der Waals surface area contributed by atoms with Gasteiger partial charge in [-0.05, 0) is 30.7 Å². The first-order valence-corrected chi connectivity index (χ1v) is 7.52. The van der Waals surface area contributed by atoms with Gasteiger partial charge in [-0.15, -0.1) is 0 Å². The van der Waals surface area contributed by atoms with Gasteiger partial charge in [-0.25, -0.2) is 9.97 Å². The highest BCUT2D eigenvalue weighted by atomic mass is 35.5. The van der Waals surface area contributed by atoms with E-state index in [4.69, 9.17) is 11.6 Å². The Kier molecular flexibility index (Phi) is 4.72. The molecule has 24 heavy (non-hydrogen) atoms. The van der Waals surface area contributed by atoms with E-state index in [9.17, 15) is 4.79 Å². The van der Waals surface area contributed by atoms with Crippen LogP contribution in [0.2, 0.25) is 5.15 Å². The van der Waals surface area contributed by atoms with Crippen molar-refractivity contribution < 1.29 is 4.79 Å². The Morgan fingerprint density at radius 3 is 2.71 bits per heavy atom. The summed E-state index contributed by atoms with van der Waals surface area (Å²) in [6.45, 7) is 1.73. The van der Waals surface area contributed by atoms with Crippen LogP contribution in [0.5, 0.6) is 0 Å². The monoisotopic (exact) mass is 340 g/mol. The summed E-state index contributed by atoms with van der Waals surface area (Å²) < 4.78 is 0. The van der Waals surface area contributed by atoms with Gasteiger partial charge in [0, 0.05) is 12.4 Å². The quantitative estimate of drug-likeness (QED) is 0.733. The van der Waals surface area contributed by atoms with E-state index < -0.39 is 0 Å². The Balaban J connectivity index is 1.76. The normalized spacial score (nSPS) is 10.4. The minimum Gasteiger partial charge on any atom is -0.294 e. The molecule has 0 aromatic carbocycles. The second-order valence-corrected chi connectivity index (χ2v) is 5.35. The Morgan fingerprint density at radius 2 is 2.00 bits per heavy atom. The maximum absolute atomic E-state index is 12.1. The molecule has 3 aromatic rings. The first-order chi connectivity index (χ1) is 11.6. The molecule has 8 heteroatoms. The van der Waals surface area contributed by atoms with Crippen molar-refractivity contribution in [1.82, 2.24) is 24.9 Å². The van der Waals surface area contributed by atoms with Crippen molar-refractivity contribution in [2.24, 2.45) is 0 Å². The number of amides is 1. The highest BCUT2D eigenvalue weighted by molar-refractivity contribution is 6.29. The summed E-state index contributed by atoms with van der Waals surface area (Å²) in [5.74, 6) is 0.840. The van der Waals surface area contributed by atoms with Crippen LogP contribution < -0.4 is 5.32 Å². The number of aromatic nitrogens is 5. The van der Waals surface area contributed by atoms with Gasteiger partial charge in [0.1, 0.15) is 16.7 Å². The molecule has 0 fully saturated rings. The van der Waals surface area contributed by atoms with Crippen LogP contribution in [0.15, 0.2) is 42.7 Å². The molecule has 0 saturated heterocycles. The summed E-state index contributed by atoms with van der Waals surface area (Å²) in [5, 5.41) is 3.05. The van der Waals surface area contributed by atoms with Crippen LogP contribution in [0.4, 0.5) is 5.95 Å². The molecular weight excluding hydrogens is 328 g/mol. The summed E-state index contributed by atoms with van der Waals surface area (Å²) in [6, 6.07) is 8.82. The molecule has 1 amide bonds. The third-order valence-corrected chi connectivity index (χ3v) is 3.27. The van der Waals surface area contributed by atoms with Crippen molar-refractivity contribution in [1.29, 1.82) is 0 Å². The summed E-state index contributed by atoms with van der Waals surface area (Å²) in [6.07, 6.45) is 3.36. The predicted octanol–water partition coefficient (Wildman–Crippen LogP) is 2.47. The third-order valence-electron chi connectivity index (χ3n) is 3.05. The van der Waals surface area contributed by atoms with Crippen LogP contribution in [-0.4, -0.2) is 30.8 Å². The van der Waals surface area contributed by atoms with Gasteiger partial charge >= 0.3 is 0 Å². The summed E-state index contributed by atoms with van der Waals surface area (Å²) in [5.41, 5.74) is 1.35. The van der Waals surface area contributed by atoms with Gasteiger partial charge in [0.15, 0.2) is 5.82 Å². The number of aryl methyl sites for hydroxylation is 1.